The van der Waals surface area contributed by atoms with Gasteiger partial charge in [-0.3, -0.25) is 4.72 Å². The van der Waals surface area contributed by atoms with Gasteiger partial charge >= 0.3 is 0 Å². The fourth-order valence-electron chi connectivity index (χ4n) is 5.79. The molecule has 0 heterocycles. The number of hydrogen-bond donors (Lipinski definition) is 1. The smallest absolute Gasteiger partial charge is 0.0595 e. The molecule has 5 rings (SSSR count). The van der Waals surface area contributed by atoms with E-state index in [1.165, 1.54) is 49.7 Å². The minimum atomic E-state index is 0.556. The Hall–Kier alpha value is -0.670. The lowest BCUT2D eigenvalue weighted by Gasteiger charge is -2.40. The Labute approximate surface area is 182 Å². The molecule has 28 heavy (non-hydrogen) atoms. The molecule has 0 saturated heterocycles. The van der Waals surface area contributed by atoms with Gasteiger partial charge in [-0.15, -0.1) is 0 Å². The van der Waals surface area contributed by atoms with Crippen LogP contribution in [0.5, 0.6) is 0 Å². The van der Waals surface area contributed by atoms with Gasteiger partial charge in [0, 0.05) is 17.7 Å². The van der Waals surface area contributed by atoms with Crippen LogP contribution in [0.1, 0.15) is 66.7 Å². The molecule has 3 aliphatic rings. The minimum Gasteiger partial charge on any atom is -0.264 e. The zero-order valence-corrected chi connectivity index (χ0v) is 18.7. The van der Waals surface area contributed by atoms with Gasteiger partial charge in [-0.05, 0) is 91.2 Å². The Kier molecular flexibility index (Phi) is 4.99. The van der Waals surface area contributed by atoms with E-state index >= 15 is 0 Å². The van der Waals surface area contributed by atoms with Gasteiger partial charge in [-0.25, -0.2) is 0 Å². The van der Waals surface area contributed by atoms with Crippen molar-refractivity contribution < 1.29 is 0 Å². The third-order valence-electron chi connectivity index (χ3n) is 7.40. The normalized spacial score (nSPS) is 23.0. The number of hydrogen-bond acceptors (Lipinski definition) is 2. The molecule has 148 valence electrons. The lowest BCUT2D eigenvalue weighted by Crippen LogP contribution is -2.33. The predicted molar refractivity (Wildman–Crippen MR) is 121 cm³/mol. The third-order valence-corrected chi connectivity index (χ3v) is 9.02. The molecule has 2 fully saturated rings. The molecule has 1 atom stereocenters. The van der Waals surface area contributed by atoms with E-state index in [-0.39, 0.29) is 0 Å². The van der Waals surface area contributed by atoms with E-state index < -0.39 is 0 Å². The van der Waals surface area contributed by atoms with Crippen LogP contribution in [0, 0.1) is 12.3 Å². The highest BCUT2D eigenvalue weighted by Gasteiger charge is 2.68. The Bertz CT molecular complexity index is 901. The lowest BCUT2D eigenvalue weighted by atomic mass is 9.64. The lowest BCUT2D eigenvalue weighted by molar-refractivity contribution is 0.284. The number of nitrogens with one attached hydrogen (secondary N) is 1. The van der Waals surface area contributed by atoms with E-state index in [1.54, 1.807) is 23.1 Å². The van der Waals surface area contributed by atoms with Crippen molar-refractivity contribution in [2.24, 2.45) is 5.41 Å². The highest BCUT2D eigenvalue weighted by atomic mass is 35.5. The highest BCUT2D eigenvalue weighted by molar-refractivity contribution is 7.96. The maximum absolute atomic E-state index is 6.12. The molecule has 2 aromatic rings. The zero-order valence-electron chi connectivity index (χ0n) is 16.4. The van der Waals surface area contributed by atoms with Crippen LogP contribution in [-0.2, 0) is 11.2 Å². The van der Waals surface area contributed by atoms with Crippen LogP contribution in [0.15, 0.2) is 36.4 Å². The van der Waals surface area contributed by atoms with Crippen LogP contribution in [0.25, 0.3) is 0 Å². The van der Waals surface area contributed by atoms with Gasteiger partial charge in [0.2, 0.25) is 0 Å². The van der Waals surface area contributed by atoms with Crippen molar-refractivity contribution in [2.45, 2.75) is 62.5 Å². The van der Waals surface area contributed by atoms with Gasteiger partial charge < -0.3 is 0 Å². The van der Waals surface area contributed by atoms with Crippen molar-refractivity contribution in [3.8, 4) is 0 Å². The summed E-state index contributed by atoms with van der Waals surface area (Å²) in [7, 11) is 0. The zero-order chi connectivity index (χ0) is 19.4. The molecule has 0 aliphatic heterocycles. The van der Waals surface area contributed by atoms with E-state index in [1.807, 2.05) is 12.1 Å². The Balaban J connectivity index is 1.22. The Morgan fingerprint density at radius 3 is 2.61 bits per heavy atom. The van der Waals surface area contributed by atoms with E-state index in [2.05, 4.69) is 35.9 Å². The monoisotopic (exact) mass is 431 g/mol. The molecule has 0 aromatic heterocycles. The SMILES string of the molecule is Cc1cccc2c1C1(CC1)C1(CC1)CC2CCNSCc1ccc(Cl)c(Cl)c1. The maximum Gasteiger partial charge on any atom is 0.0595 e. The van der Waals surface area contributed by atoms with Crippen molar-refractivity contribution in [1.82, 2.24) is 4.72 Å². The summed E-state index contributed by atoms with van der Waals surface area (Å²) in [6.07, 6.45) is 8.39. The molecule has 3 aliphatic carbocycles. The average Bonchev–Trinajstić information content (AvgIpc) is 3.58. The van der Waals surface area contributed by atoms with Crippen molar-refractivity contribution in [2.75, 3.05) is 6.54 Å². The molecule has 1 nitrogen and oxygen atoms in total. The molecule has 1 N–H and O–H groups in total. The molecule has 2 saturated carbocycles. The highest BCUT2D eigenvalue weighted by Crippen LogP contribution is 2.76. The first kappa shape index (κ1) is 19.3. The molecule has 2 spiro atoms. The summed E-state index contributed by atoms with van der Waals surface area (Å²) in [5.74, 6) is 1.62. The fraction of sp³-hybridized carbons (Fsp3) is 0.500. The number of rotatable bonds is 6. The second-order valence-corrected chi connectivity index (χ2v) is 10.7. The van der Waals surface area contributed by atoms with E-state index in [4.69, 9.17) is 23.2 Å². The molecule has 0 amide bonds. The number of fused-ring (bicyclic) bond motifs is 3. The van der Waals surface area contributed by atoms with E-state index in [0.717, 1.165) is 12.3 Å². The summed E-state index contributed by atoms with van der Waals surface area (Å²) in [6.45, 7) is 3.38. The summed E-state index contributed by atoms with van der Waals surface area (Å²) in [5.41, 5.74) is 7.34. The minimum absolute atomic E-state index is 0.556. The average molecular weight is 432 g/mol. The number of aryl methyl sites for hydroxylation is 1. The molecule has 0 bridgehead atoms. The van der Waals surface area contributed by atoms with Gasteiger partial charge in [0.15, 0.2) is 0 Å². The summed E-state index contributed by atoms with van der Waals surface area (Å²) >= 11 is 13.9. The largest absolute Gasteiger partial charge is 0.264 e. The molecule has 2 aromatic carbocycles. The van der Waals surface area contributed by atoms with Gasteiger partial charge in [-0.2, -0.15) is 0 Å². The second kappa shape index (κ2) is 7.23. The maximum atomic E-state index is 6.12. The van der Waals surface area contributed by atoms with Crippen molar-refractivity contribution in [3.63, 3.8) is 0 Å². The van der Waals surface area contributed by atoms with Crippen molar-refractivity contribution in [3.05, 3.63) is 68.7 Å². The Morgan fingerprint density at radius 1 is 1.07 bits per heavy atom. The van der Waals surface area contributed by atoms with Gasteiger partial charge in [0.05, 0.1) is 10.0 Å². The van der Waals surface area contributed by atoms with Crippen molar-refractivity contribution in [1.29, 1.82) is 0 Å². The van der Waals surface area contributed by atoms with E-state index in [9.17, 15) is 0 Å². The predicted octanol–water partition coefficient (Wildman–Crippen LogP) is 7.43. The summed E-state index contributed by atoms with van der Waals surface area (Å²) in [6, 6.07) is 12.9. The van der Waals surface area contributed by atoms with Crippen LogP contribution in [0.3, 0.4) is 0 Å². The molecule has 1 unspecified atom stereocenters. The number of benzene rings is 2. The van der Waals surface area contributed by atoms with Crippen LogP contribution in [0.2, 0.25) is 10.0 Å². The fourth-order valence-corrected chi connectivity index (χ4v) is 6.82. The molecule has 4 heteroatoms. The quantitative estimate of drug-likeness (QED) is 0.376. The molecule has 0 radical (unpaired) electrons. The standard InChI is InChI=1S/C24H27Cl2NS/c1-16-3-2-4-19-18(14-23(8-9-23)24(10-11-24)22(16)19)7-12-27-28-15-17-5-6-20(25)21(26)13-17/h2-6,13,18,27H,7-12,14-15H2,1H3. The number of halogens is 2. The van der Waals surface area contributed by atoms with Crippen LogP contribution >= 0.6 is 35.1 Å². The third kappa shape index (κ3) is 3.21. The van der Waals surface area contributed by atoms with Gasteiger partial charge in [0.25, 0.3) is 0 Å². The molecular weight excluding hydrogens is 405 g/mol. The first-order valence-corrected chi connectivity index (χ1v) is 12.2. The van der Waals surface area contributed by atoms with Crippen LogP contribution < -0.4 is 4.72 Å². The Morgan fingerprint density at radius 2 is 1.89 bits per heavy atom. The van der Waals surface area contributed by atoms with Gasteiger partial charge in [-0.1, -0.05) is 59.4 Å². The van der Waals surface area contributed by atoms with Crippen LogP contribution in [0.4, 0.5) is 0 Å². The first-order valence-electron chi connectivity index (χ1n) is 10.4. The van der Waals surface area contributed by atoms with Crippen LogP contribution in [-0.4, -0.2) is 6.54 Å². The summed E-state index contributed by atoms with van der Waals surface area (Å²) in [4.78, 5) is 0. The second-order valence-electron chi connectivity index (χ2n) is 9.02. The topological polar surface area (TPSA) is 12.0 Å². The summed E-state index contributed by atoms with van der Waals surface area (Å²) in [5, 5.41) is 1.26. The van der Waals surface area contributed by atoms with Crippen molar-refractivity contribution >= 4 is 35.1 Å². The molecular formula is C24H27Cl2NS. The first-order chi connectivity index (χ1) is 13.5. The summed E-state index contributed by atoms with van der Waals surface area (Å²) < 4.78 is 3.59. The van der Waals surface area contributed by atoms with Gasteiger partial charge in [0.1, 0.15) is 0 Å². The van der Waals surface area contributed by atoms with E-state index in [0.29, 0.717) is 26.8 Å².